The Balaban J connectivity index is 0. The molecule has 0 aliphatic heterocycles. The van der Waals surface area contributed by atoms with Crippen LogP contribution in [-0.4, -0.2) is 23.5 Å². The van der Waals surface area contributed by atoms with Gasteiger partial charge in [-0.05, 0) is 41.5 Å². The fourth-order valence-electron chi connectivity index (χ4n) is 0.514. The quantitative estimate of drug-likeness (QED) is 0.514. The molecule has 0 aliphatic rings. The van der Waals surface area contributed by atoms with Crippen molar-refractivity contribution >= 4 is 32.6 Å². The van der Waals surface area contributed by atoms with Gasteiger partial charge in [0, 0.05) is 12.4 Å². The first-order chi connectivity index (χ1) is 6.62. The number of hydrogen-bond acceptors (Lipinski definition) is 2. The topological polar surface area (TPSA) is 24.7 Å². The monoisotopic (exact) mass is 294 g/mol. The van der Waals surface area contributed by atoms with Crippen LogP contribution in [0.2, 0.25) is 0 Å². The molecule has 0 aromatic heterocycles. The van der Waals surface area contributed by atoms with Crippen LogP contribution >= 0.6 is 20.2 Å². The molecule has 2 nitrogen and oxygen atoms in total. The number of halogens is 2. The molecular weight excluding hydrogens is 275 g/mol. The second kappa shape index (κ2) is 8.58. The third-order valence-electron chi connectivity index (χ3n) is 0.990. The van der Waals surface area contributed by atoms with Crippen molar-refractivity contribution in [1.82, 2.24) is 0 Å². The molecule has 92 valence electrons. The van der Waals surface area contributed by atoms with Crippen LogP contribution in [0.4, 0.5) is 0 Å². The second-order valence-corrected chi connectivity index (χ2v) is 6.77. The van der Waals surface area contributed by atoms with Crippen LogP contribution < -0.4 is 0 Å². The van der Waals surface area contributed by atoms with Gasteiger partial charge in [0.15, 0.2) is 0 Å². The summed E-state index contributed by atoms with van der Waals surface area (Å²) in [5, 5.41) is 0. The fourth-order valence-corrected chi connectivity index (χ4v) is 0.514. The maximum absolute atomic E-state index is 4.76. The van der Waals surface area contributed by atoms with Crippen molar-refractivity contribution in [1.29, 1.82) is 0 Å². The molecule has 0 saturated carbocycles. The summed E-state index contributed by atoms with van der Waals surface area (Å²) in [7, 11) is 9.53. The van der Waals surface area contributed by atoms with Crippen LogP contribution in [-0.2, 0) is 13.1 Å². The average Bonchev–Trinajstić information content (AvgIpc) is 1.96. The average molecular weight is 295 g/mol. The molecule has 0 radical (unpaired) electrons. The van der Waals surface area contributed by atoms with E-state index in [1.165, 1.54) is 0 Å². The van der Waals surface area contributed by atoms with Gasteiger partial charge in [-0.25, -0.2) is 0 Å². The van der Waals surface area contributed by atoms with Crippen LogP contribution in [0.25, 0.3) is 0 Å². The third kappa shape index (κ3) is 25.1. The van der Waals surface area contributed by atoms with Gasteiger partial charge in [-0.1, -0.05) is 0 Å². The predicted molar refractivity (Wildman–Crippen MR) is 68.2 cm³/mol. The SMILES string of the molecule is CC(C)(C)N=CC=NC(C)(C)C.[Cl][Fe][Cl]. The maximum atomic E-state index is 4.76. The first kappa shape index (κ1) is 17.8. The van der Waals surface area contributed by atoms with E-state index < -0.39 is 0 Å². The zero-order valence-electron chi connectivity index (χ0n) is 10.2. The van der Waals surface area contributed by atoms with E-state index in [1.807, 2.05) is 0 Å². The molecule has 0 fully saturated rings. The van der Waals surface area contributed by atoms with Gasteiger partial charge < -0.3 is 0 Å². The van der Waals surface area contributed by atoms with Crippen molar-refractivity contribution in [2.24, 2.45) is 9.98 Å². The second-order valence-electron chi connectivity index (χ2n) is 4.95. The van der Waals surface area contributed by atoms with E-state index in [0.717, 1.165) is 0 Å². The normalized spacial score (nSPS) is 13.3. The Labute approximate surface area is 108 Å². The van der Waals surface area contributed by atoms with E-state index in [2.05, 4.69) is 51.5 Å². The Morgan fingerprint density at radius 1 is 0.800 bits per heavy atom. The molecule has 0 aromatic carbocycles. The summed E-state index contributed by atoms with van der Waals surface area (Å²) in [5.74, 6) is 0. The molecule has 5 heteroatoms. The van der Waals surface area contributed by atoms with Gasteiger partial charge in [-0.2, -0.15) is 0 Å². The standard InChI is InChI=1S/C10H20N2.2ClH.Fe/c1-9(2,3)11-7-8-12-10(4,5)6;;;/h7-8H,1-6H3;2*1H;/q;;;+2/p-2. The Morgan fingerprint density at radius 2 is 1.00 bits per heavy atom. The van der Waals surface area contributed by atoms with Crippen LogP contribution in [0.1, 0.15) is 41.5 Å². The summed E-state index contributed by atoms with van der Waals surface area (Å²) in [6, 6.07) is 0. The number of aliphatic imine (C=N–C) groups is 2. The van der Waals surface area contributed by atoms with Crippen LogP contribution in [0.5, 0.6) is 0 Å². The van der Waals surface area contributed by atoms with Gasteiger partial charge >= 0.3 is 33.3 Å². The summed E-state index contributed by atoms with van der Waals surface area (Å²) in [4.78, 5) is 8.57. The molecule has 0 spiro atoms. The summed E-state index contributed by atoms with van der Waals surface area (Å²) in [6.07, 6.45) is 3.54. The Bertz CT molecular complexity index is 180. The molecule has 0 N–H and O–H groups in total. The van der Waals surface area contributed by atoms with Crippen molar-refractivity contribution in [3.8, 4) is 0 Å². The number of rotatable bonds is 1. The molecule has 0 atom stereocenters. The van der Waals surface area contributed by atoms with Crippen molar-refractivity contribution < 1.29 is 13.1 Å². The zero-order chi connectivity index (χ0) is 12.5. The molecule has 0 unspecified atom stereocenters. The van der Waals surface area contributed by atoms with Crippen molar-refractivity contribution in [3.05, 3.63) is 0 Å². The van der Waals surface area contributed by atoms with Gasteiger partial charge in [0.05, 0.1) is 11.1 Å². The molecular formula is C10H20Cl2FeN2. The van der Waals surface area contributed by atoms with E-state index in [4.69, 9.17) is 20.2 Å². The van der Waals surface area contributed by atoms with E-state index in [9.17, 15) is 0 Å². The molecule has 0 heterocycles. The van der Waals surface area contributed by atoms with Crippen molar-refractivity contribution in [2.75, 3.05) is 0 Å². The van der Waals surface area contributed by atoms with E-state index in [-0.39, 0.29) is 24.2 Å². The molecule has 0 rings (SSSR count). The van der Waals surface area contributed by atoms with Crippen molar-refractivity contribution in [2.45, 2.75) is 52.6 Å². The van der Waals surface area contributed by atoms with E-state index in [0.29, 0.717) is 0 Å². The van der Waals surface area contributed by atoms with Gasteiger partial charge in [0.25, 0.3) is 0 Å². The summed E-state index contributed by atoms with van der Waals surface area (Å²) in [6.45, 7) is 12.4. The Kier molecular flexibility index (Phi) is 10.2. The minimum atomic E-state index is 0.00387. The van der Waals surface area contributed by atoms with Gasteiger partial charge in [-0.15, -0.1) is 0 Å². The molecule has 0 aliphatic carbocycles. The molecule has 0 amide bonds. The zero-order valence-corrected chi connectivity index (χ0v) is 12.8. The predicted octanol–water partition coefficient (Wildman–Crippen LogP) is 4.10. The fraction of sp³-hybridized carbons (Fsp3) is 0.800. The first-order valence-corrected chi connectivity index (χ1v) is 7.60. The van der Waals surface area contributed by atoms with Crippen LogP contribution in [0, 0.1) is 0 Å². The van der Waals surface area contributed by atoms with E-state index in [1.54, 1.807) is 12.4 Å². The molecule has 0 saturated heterocycles. The summed E-state index contributed by atoms with van der Waals surface area (Å²) < 4.78 is 0. The number of nitrogens with zero attached hydrogens (tertiary/aromatic N) is 2. The molecule has 0 bridgehead atoms. The van der Waals surface area contributed by atoms with Crippen LogP contribution in [0.15, 0.2) is 9.98 Å². The third-order valence-corrected chi connectivity index (χ3v) is 0.990. The Morgan fingerprint density at radius 3 is 1.13 bits per heavy atom. The van der Waals surface area contributed by atoms with Gasteiger partial charge in [-0.3, -0.25) is 9.98 Å². The van der Waals surface area contributed by atoms with Gasteiger partial charge in [0.1, 0.15) is 0 Å². The number of hydrogen-bond donors (Lipinski definition) is 0. The van der Waals surface area contributed by atoms with Gasteiger partial charge in [0.2, 0.25) is 0 Å². The molecule has 15 heavy (non-hydrogen) atoms. The van der Waals surface area contributed by atoms with Crippen molar-refractivity contribution in [3.63, 3.8) is 0 Å². The first-order valence-electron chi connectivity index (χ1n) is 4.56. The molecule has 0 aromatic rings. The van der Waals surface area contributed by atoms with Crippen LogP contribution in [0.3, 0.4) is 0 Å². The minimum absolute atomic E-state index is 0.00387. The summed E-state index contributed by atoms with van der Waals surface area (Å²) >= 11 is 0.194. The van der Waals surface area contributed by atoms with E-state index >= 15 is 0 Å². The summed E-state index contributed by atoms with van der Waals surface area (Å²) in [5.41, 5.74) is 0.00775. The Hall–Kier alpha value is 0.439.